The average Bonchev–Trinajstić information content (AvgIpc) is 3.42. The molecule has 1 aliphatic heterocycles. The fourth-order valence-electron chi connectivity index (χ4n) is 3.45. The fraction of sp³-hybridized carbons (Fsp3) is 0.611. The Hall–Kier alpha value is -1.95. The zero-order valence-electron chi connectivity index (χ0n) is 14.0. The highest BCUT2D eigenvalue weighted by Crippen LogP contribution is 2.33. The van der Waals surface area contributed by atoms with Gasteiger partial charge in [0.05, 0.1) is 0 Å². The summed E-state index contributed by atoms with van der Waals surface area (Å²) in [5, 5.41) is 7.71. The molecule has 1 saturated carbocycles. The van der Waals surface area contributed by atoms with E-state index in [1.165, 1.54) is 19.3 Å². The molecule has 4 rings (SSSR count). The summed E-state index contributed by atoms with van der Waals surface area (Å²) >= 11 is 0. The first-order valence-corrected chi connectivity index (χ1v) is 9.13. The third kappa shape index (κ3) is 3.59. The topological polar surface area (TPSA) is 71.8 Å². The molecule has 0 aromatic carbocycles. The van der Waals surface area contributed by atoms with Gasteiger partial charge in [0.15, 0.2) is 0 Å². The van der Waals surface area contributed by atoms with Crippen LogP contribution in [0.1, 0.15) is 38.5 Å². The fourth-order valence-corrected chi connectivity index (χ4v) is 3.45. The molecule has 0 unspecified atom stereocenters. The van der Waals surface area contributed by atoms with E-state index in [0.29, 0.717) is 12.0 Å². The number of fused-ring (bicyclic) bond motifs is 1. The predicted octanol–water partition coefficient (Wildman–Crippen LogP) is 2.15. The van der Waals surface area contributed by atoms with Crippen molar-refractivity contribution in [3.05, 3.63) is 28.7 Å². The van der Waals surface area contributed by atoms with Crippen LogP contribution in [0.2, 0.25) is 0 Å². The van der Waals surface area contributed by atoms with Gasteiger partial charge in [0, 0.05) is 30.2 Å². The Labute approximate surface area is 141 Å². The number of piperidine rings is 1. The molecule has 0 radical (unpaired) electrons. The second-order valence-corrected chi connectivity index (χ2v) is 7.05. The number of hydrogen-bond acceptors (Lipinski definition) is 5. The molecule has 2 aromatic rings. The largest absolute Gasteiger partial charge is 0.351 e. The van der Waals surface area contributed by atoms with Crippen LogP contribution in [0, 0.1) is 5.92 Å². The molecule has 1 saturated heterocycles. The van der Waals surface area contributed by atoms with E-state index in [0.717, 1.165) is 55.8 Å². The number of aryl methyl sites for hydroxylation is 1. The molecule has 2 aliphatic rings. The maximum atomic E-state index is 12.3. The average molecular weight is 327 g/mol. The molecule has 0 bridgehead atoms. The molecular formula is C18H25N5O. The van der Waals surface area contributed by atoms with E-state index in [2.05, 4.69) is 20.6 Å². The van der Waals surface area contributed by atoms with Gasteiger partial charge in [-0.2, -0.15) is 4.98 Å². The molecule has 6 heteroatoms. The summed E-state index contributed by atoms with van der Waals surface area (Å²) in [5.41, 5.74) is 0.787. The molecular weight excluding hydrogens is 302 g/mol. The zero-order valence-corrected chi connectivity index (χ0v) is 14.0. The monoisotopic (exact) mass is 327 g/mol. The lowest BCUT2D eigenvalue weighted by Crippen LogP contribution is -2.35. The Kier molecular flexibility index (Phi) is 4.47. The van der Waals surface area contributed by atoms with Crippen LogP contribution in [0.15, 0.2) is 23.1 Å². The minimum Gasteiger partial charge on any atom is -0.351 e. The molecule has 0 atom stereocenters. The summed E-state index contributed by atoms with van der Waals surface area (Å²) in [5.74, 6) is 1.53. The summed E-state index contributed by atoms with van der Waals surface area (Å²) < 4.78 is 1.81. The van der Waals surface area contributed by atoms with E-state index >= 15 is 0 Å². The molecule has 0 amide bonds. The van der Waals surface area contributed by atoms with Crippen molar-refractivity contribution in [1.82, 2.24) is 19.9 Å². The summed E-state index contributed by atoms with van der Waals surface area (Å²) in [6.45, 7) is 2.80. The summed E-state index contributed by atoms with van der Waals surface area (Å²) in [6, 6.07) is 3.86. The molecule has 6 nitrogen and oxygen atoms in total. The van der Waals surface area contributed by atoms with Crippen LogP contribution < -0.4 is 16.2 Å². The smallest absolute Gasteiger partial charge is 0.252 e. The van der Waals surface area contributed by atoms with Crippen molar-refractivity contribution in [2.45, 2.75) is 51.1 Å². The highest BCUT2D eigenvalue weighted by molar-refractivity contribution is 5.75. The number of nitrogens with one attached hydrogen (secondary N) is 2. The minimum atomic E-state index is 0.0322. The number of anilines is 1. The lowest BCUT2D eigenvalue weighted by Gasteiger charge is -2.23. The van der Waals surface area contributed by atoms with Crippen molar-refractivity contribution in [3.63, 3.8) is 0 Å². The van der Waals surface area contributed by atoms with Crippen LogP contribution in [0.25, 0.3) is 11.0 Å². The Balaban J connectivity index is 1.56. The van der Waals surface area contributed by atoms with Gasteiger partial charge < -0.3 is 10.6 Å². The molecule has 2 aromatic heterocycles. The first-order valence-electron chi connectivity index (χ1n) is 9.13. The Morgan fingerprint density at radius 2 is 2.04 bits per heavy atom. The Morgan fingerprint density at radius 1 is 1.21 bits per heavy atom. The Morgan fingerprint density at radius 3 is 2.83 bits per heavy atom. The van der Waals surface area contributed by atoms with Gasteiger partial charge in [0.1, 0.15) is 5.65 Å². The third-order valence-corrected chi connectivity index (χ3v) is 5.09. The van der Waals surface area contributed by atoms with Crippen molar-refractivity contribution < 1.29 is 0 Å². The predicted molar refractivity (Wildman–Crippen MR) is 95.3 cm³/mol. The molecule has 2 N–H and O–H groups in total. The van der Waals surface area contributed by atoms with E-state index in [1.54, 1.807) is 6.07 Å². The van der Waals surface area contributed by atoms with Crippen LogP contribution >= 0.6 is 0 Å². The second-order valence-electron chi connectivity index (χ2n) is 7.05. The van der Waals surface area contributed by atoms with Gasteiger partial charge in [-0.15, -0.1) is 0 Å². The zero-order chi connectivity index (χ0) is 16.4. The molecule has 2 fully saturated rings. The second kappa shape index (κ2) is 6.89. The quantitative estimate of drug-likeness (QED) is 0.850. The van der Waals surface area contributed by atoms with E-state index in [1.807, 2.05) is 16.8 Å². The number of hydrogen-bond donors (Lipinski definition) is 2. The van der Waals surface area contributed by atoms with Gasteiger partial charge in [-0.1, -0.05) is 12.8 Å². The van der Waals surface area contributed by atoms with E-state index < -0.39 is 0 Å². The minimum absolute atomic E-state index is 0.0322. The van der Waals surface area contributed by atoms with E-state index in [-0.39, 0.29) is 5.56 Å². The van der Waals surface area contributed by atoms with Crippen LogP contribution in [0.4, 0.5) is 5.95 Å². The van der Waals surface area contributed by atoms with Gasteiger partial charge in [0.2, 0.25) is 5.95 Å². The normalized spacial score (nSPS) is 18.8. The highest BCUT2D eigenvalue weighted by atomic mass is 16.1. The van der Waals surface area contributed by atoms with Gasteiger partial charge in [-0.3, -0.25) is 9.36 Å². The number of rotatable bonds is 6. The molecule has 1 aliphatic carbocycles. The molecule has 24 heavy (non-hydrogen) atoms. The molecule has 0 spiro atoms. The van der Waals surface area contributed by atoms with Gasteiger partial charge in [0.25, 0.3) is 5.56 Å². The van der Waals surface area contributed by atoms with Crippen molar-refractivity contribution >= 4 is 17.0 Å². The lowest BCUT2D eigenvalue weighted by molar-refractivity contribution is 0.477. The molecule has 128 valence electrons. The summed E-state index contributed by atoms with van der Waals surface area (Å²) in [6.07, 6.45) is 8.95. The van der Waals surface area contributed by atoms with Crippen molar-refractivity contribution in [2.24, 2.45) is 5.92 Å². The number of aromatic nitrogens is 3. The van der Waals surface area contributed by atoms with Gasteiger partial charge in [-0.05, 0) is 50.8 Å². The maximum Gasteiger partial charge on any atom is 0.252 e. The summed E-state index contributed by atoms with van der Waals surface area (Å²) in [4.78, 5) is 21.4. The van der Waals surface area contributed by atoms with Crippen molar-refractivity contribution in [1.29, 1.82) is 0 Å². The lowest BCUT2D eigenvalue weighted by atomic mass is 10.1. The first kappa shape index (κ1) is 15.6. The van der Waals surface area contributed by atoms with Crippen LogP contribution in [-0.4, -0.2) is 33.7 Å². The van der Waals surface area contributed by atoms with E-state index in [9.17, 15) is 4.79 Å². The van der Waals surface area contributed by atoms with Crippen molar-refractivity contribution in [3.8, 4) is 0 Å². The number of pyridine rings is 1. The third-order valence-electron chi connectivity index (χ3n) is 5.09. The Bertz CT molecular complexity index is 762. The number of nitrogens with zero attached hydrogens (tertiary/aromatic N) is 3. The van der Waals surface area contributed by atoms with Crippen LogP contribution in [-0.2, 0) is 6.54 Å². The maximum absolute atomic E-state index is 12.3. The van der Waals surface area contributed by atoms with Crippen LogP contribution in [0.3, 0.4) is 0 Å². The van der Waals surface area contributed by atoms with Gasteiger partial charge in [-0.25, -0.2) is 4.98 Å². The van der Waals surface area contributed by atoms with Crippen LogP contribution in [0.5, 0.6) is 0 Å². The summed E-state index contributed by atoms with van der Waals surface area (Å²) in [7, 11) is 0. The molecule has 3 heterocycles. The van der Waals surface area contributed by atoms with Crippen molar-refractivity contribution in [2.75, 3.05) is 18.4 Å². The standard InChI is InChI=1S/C18H25N5O/c24-16-6-5-14-12-20-18(21-15-7-9-19-10-8-15)22-17(14)23(16)11-1-2-13-3-4-13/h5-6,12-13,15,19H,1-4,7-11H2,(H,20,21,22). The van der Waals surface area contributed by atoms with E-state index in [4.69, 9.17) is 0 Å². The first-order chi connectivity index (χ1) is 11.8. The highest BCUT2D eigenvalue weighted by Gasteiger charge is 2.20. The van der Waals surface area contributed by atoms with Gasteiger partial charge >= 0.3 is 0 Å². The SMILES string of the molecule is O=c1ccc2cnc(NC3CCNCC3)nc2n1CCCC1CC1.